The lowest BCUT2D eigenvalue weighted by Gasteiger charge is -2.45. The Balaban J connectivity index is 0.00000191. The quantitative estimate of drug-likeness (QED) is 0.335. The van der Waals surface area contributed by atoms with Crippen LogP contribution >= 0.6 is 0 Å². The van der Waals surface area contributed by atoms with Crippen molar-refractivity contribution in [1.29, 1.82) is 0 Å². The van der Waals surface area contributed by atoms with E-state index in [-0.39, 0.29) is 6.07 Å². The molecule has 0 bridgehead atoms. The molecule has 3 rings (SSSR count). The van der Waals surface area contributed by atoms with Crippen molar-refractivity contribution in [1.82, 2.24) is 10.2 Å². The monoisotopic (exact) mass is 576 g/mol. The zero-order chi connectivity index (χ0) is 30.9. The lowest BCUT2D eigenvalue weighted by atomic mass is 9.82. The van der Waals surface area contributed by atoms with Crippen LogP contribution < -0.4 is 10.1 Å². The van der Waals surface area contributed by atoms with Gasteiger partial charge >= 0.3 is 12.4 Å². The highest BCUT2D eigenvalue weighted by molar-refractivity contribution is 5.99. The number of carbonyl (C=O) groups excluding carboxylic acids is 1. The number of likely N-dealkylation sites (tertiary alicyclic amines) is 1. The smallest absolute Gasteiger partial charge is 0.417 e. The van der Waals surface area contributed by atoms with E-state index in [9.17, 15) is 31.1 Å². The number of hydrogen-bond acceptors (Lipinski definition) is 3. The normalized spacial score (nSPS) is 17.9. The Morgan fingerprint density at radius 2 is 1.60 bits per heavy atom. The largest absolute Gasteiger partial charge is 0.496 e. The summed E-state index contributed by atoms with van der Waals surface area (Å²) in [6.45, 7) is 15.5. The van der Waals surface area contributed by atoms with E-state index in [0.717, 1.165) is 26.6 Å². The van der Waals surface area contributed by atoms with E-state index in [1.807, 2.05) is 41.5 Å². The molecule has 0 radical (unpaired) electrons. The second kappa shape index (κ2) is 14.8. The summed E-state index contributed by atoms with van der Waals surface area (Å²) < 4.78 is 86.6. The van der Waals surface area contributed by atoms with E-state index in [2.05, 4.69) is 17.1 Å². The molecule has 2 aromatic rings. The van der Waals surface area contributed by atoms with Crippen LogP contribution in [0.15, 0.2) is 42.5 Å². The Bertz CT molecular complexity index is 1070. The van der Waals surface area contributed by atoms with Gasteiger partial charge in [0, 0.05) is 12.1 Å². The maximum Gasteiger partial charge on any atom is 0.417 e. The highest BCUT2D eigenvalue weighted by Gasteiger charge is 2.45. The number of nitrogens with zero attached hydrogens (tertiary/aromatic N) is 1. The Morgan fingerprint density at radius 3 is 2.02 bits per heavy atom. The van der Waals surface area contributed by atoms with Crippen molar-refractivity contribution in [2.75, 3.05) is 20.2 Å². The summed E-state index contributed by atoms with van der Waals surface area (Å²) in [5.74, 6) is -1.54. The molecule has 1 N–H and O–H groups in total. The summed E-state index contributed by atoms with van der Waals surface area (Å²) in [6.07, 6.45) is -8.77. The summed E-state index contributed by atoms with van der Waals surface area (Å²) in [4.78, 5) is 15.7. The Morgan fingerprint density at radius 1 is 1.02 bits per heavy atom. The van der Waals surface area contributed by atoms with Gasteiger partial charge in [0.1, 0.15) is 5.75 Å². The summed E-state index contributed by atoms with van der Waals surface area (Å²) in [5.41, 5.74) is -4.22. The molecule has 3 atom stereocenters. The fourth-order valence-corrected chi connectivity index (χ4v) is 4.85. The number of methoxy groups -OCH3 is 1. The van der Waals surface area contributed by atoms with E-state index in [1.165, 1.54) is 0 Å². The summed E-state index contributed by atoms with van der Waals surface area (Å²) in [5, 5.41) is 2.74. The van der Waals surface area contributed by atoms with Crippen LogP contribution in [-0.4, -0.2) is 36.5 Å². The number of nitrogens with one attached hydrogen (secondary N) is 1. The lowest BCUT2D eigenvalue weighted by molar-refractivity contribution is -0.143. The first-order valence-corrected chi connectivity index (χ1v) is 13.7. The van der Waals surface area contributed by atoms with Crippen LogP contribution in [0.2, 0.25) is 0 Å². The Hall–Kier alpha value is -2.75. The number of amides is 1. The van der Waals surface area contributed by atoms with Gasteiger partial charge in [0.25, 0.3) is 5.91 Å². The van der Waals surface area contributed by atoms with Gasteiger partial charge in [-0.05, 0) is 49.9 Å². The third kappa shape index (κ3) is 8.15. The van der Waals surface area contributed by atoms with Crippen LogP contribution in [0, 0.1) is 5.92 Å². The molecule has 0 aliphatic carbocycles. The number of halogens is 6. The van der Waals surface area contributed by atoms with E-state index in [0.29, 0.717) is 24.0 Å². The number of rotatable bonds is 7. The van der Waals surface area contributed by atoms with Gasteiger partial charge in [0.15, 0.2) is 0 Å². The number of alkyl halides is 6. The molecule has 0 aromatic heterocycles. The summed E-state index contributed by atoms with van der Waals surface area (Å²) in [6, 6.07) is 8.48. The average molecular weight is 577 g/mol. The molecule has 1 heterocycles. The Labute approximate surface area is 234 Å². The Kier molecular flexibility index (Phi) is 13.0. The molecule has 3 unspecified atom stereocenters. The standard InChI is InChI=1S/C26H30F6N2O2.2C2H6/c1-5-24(3,34-12-11-16(2)15-34)22(17-9-7-6-8-10-17)33-23(35)21-19(26(30,31)32)13-18(25(27,28)29)14-20(21)36-4;2*1-2/h6-10,13-14,16,22H,5,11-12,15H2,1-4H3,(H,33,35);2*1-2H3. The molecule has 40 heavy (non-hydrogen) atoms. The van der Waals surface area contributed by atoms with Crippen LogP contribution in [0.5, 0.6) is 5.75 Å². The minimum absolute atomic E-state index is 0.0455. The minimum Gasteiger partial charge on any atom is -0.496 e. The van der Waals surface area contributed by atoms with E-state index < -0.39 is 52.3 Å². The molecule has 4 nitrogen and oxygen atoms in total. The van der Waals surface area contributed by atoms with Crippen LogP contribution in [-0.2, 0) is 12.4 Å². The zero-order valence-electron chi connectivity index (χ0n) is 24.6. The predicted molar refractivity (Wildman–Crippen MR) is 146 cm³/mol. The van der Waals surface area contributed by atoms with Gasteiger partial charge in [0.2, 0.25) is 0 Å². The first-order chi connectivity index (χ1) is 18.7. The van der Waals surface area contributed by atoms with Crippen molar-refractivity contribution in [2.45, 2.75) is 85.2 Å². The highest BCUT2D eigenvalue weighted by atomic mass is 19.4. The van der Waals surface area contributed by atoms with Crippen LogP contribution in [0.3, 0.4) is 0 Å². The maximum atomic E-state index is 13.9. The molecule has 1 aliphatic heterocycles. The van der Waals surface area contributed by atoms with E-state index in [4.69, 9.17) is 4.74 Å². The second-order valence-electron chi connectivity index (χ2n) is 9.46. The molecule has 226 valence electrons. The van der Waals surface area contributed by atoms with Gasteiger partial charge in [0.05, 0.1) is 29.8 Å². The van der Waals surface area contributed by atoms with Gasteiger partial charge in [-0.15, -0.1) is 0 Å². The number of ether oxygens (including phenoxy) is 1. The van der Waals surface area contributed by atoms with Gasteiger partial charge in [-0.3, -0.25) is 9.69 Å². The van der Waals surface area contributed by atoms with Crippen molar-refractivity contribution >= 4 is 5.91 Å². The van der Waals surface area contributed by atoms with Crippen LogP contribution in [0.25, 0.3) is 0 Å². The minimum atomic E-state index is -5.22. The SMILES string of the molecule is CC.CC.CCC(C)(C(NC(=O)c1c(OC)cc(C(F)(F)F)cc1C(F)(F)F)c1ccccc1)N1CCC(C)C1. The van der Waals surface area contributed by atoms with Crippen molar-refractivity contribution in [2.24, 2.45) is 5.92 Å². The predicted octanol–water partition coefficient (Wildman–Crippen LogP) is 8.77. The third-order valence-corrected chi connectivity index (χ3v) is 7.07. The fourth-order valence-electron chi connectivity index (χ4n) is 4.85. The zero-order valence-corrected chi connectivity index (χ0v) is 24.6. The van der Waals surface area contributed by atoms with Crippen molar-refractivity contribution < 1.29 is 35.9 Å². The van der Waals surface area contributed by atoms with Crippen molar-refractivity contribution in [3.63, 3.8) is 0 Å². The molecule has 0 spiro atoms. The molecule has 1 saturated heterocycles. The number of carbonyl (C=O) groups is 1. The molecular weight excluding hydrogens is 534 g/mol. The molecule has 1 amide bonds. The first-order valence-electron chi connectivity index (χ1n) is 13.7. The van der Waals surface area contributed by atoms with Crippen LogP contribution in [0.1, 0.15) is 94.4 Å². The van der Waals surface area contributed by atoms with Gasteiger partial charge in [-0.25, -0.2) is 0 Å². The molecule has 1 fully saturated rings. The number of hydrogen-bond donors (Lipinski definition) is 1. The van der Waals surface area contributed by atoms with Crippen molar-refractivity contribution in [3.8, 4) is 5.75 Å². The van der Waals surface area contributed by atoms with Crippen LogP contribution in [0.4, 0.5) is 26.3 Å². The topological polar surface area (TPSA) is 41.6 Å². The van der Waals surface area contributed by atoms with Crippen molar-refractivity contribution in [3.05, 3.63) is 64.7 Å². The fraction of sp³-hybridized carbons (Fsp3) is 0.567. The molecule has 10 heteroatoms. The van der Waals surface area contributed by atoms with Gasteiger partial charge in [-0.2, -0.15) is 26.3 Å². The summed E-state index contributed by atoms with van der Waals surface area (Å²) in [7, 11) is 0.933. The van der Waals surface area contributed by atoms with Gasteiger partial charge < -0.3 is 10.1 Å². The average Bonchev–Trinajstić information content (AvgIpc) is 3.38. The van der Waals surface area contributed by atoms with E-state index >= 15 is 0 Å². The second-order valence-corrected chi connectivity index (χ2v) is 9.46. The molecule has 0 saturated carbocycles. The first kappa shape index (κ1) is 35.3. The lowest BCUT2D eigenvalue weighted by Crippen LogP contribution is -2.54. The third-order valence-electron chi connectivity index (χ3n) is 7.07. The highest BCUT2D eigenvalue weighted by Crippen LogP contribution is 2.43. The molecular formula is C30H42F6N2O2. The molecule has 1 aliphatic rings. The molecule has 2 aromatic carbocycles. The maximum absolute atomic E-state index is 13.9. The number of benzene rings is 2. The summed E-state index contributed by atoms with van der Waals surface area (Å²) >= 11 is 0. The van der Waals surface area contributed by atoms with Gasteiger partial charge in [-0.1, -0.05) is 71.9 Å². The van der Waals surface area contributed by atoms with E-state index in [1.54, 1.807) is 30.3 Å².